The number of carbonyl (C=O) groups is 1. The highest BCUT2D eigenvalue weighted by Crippen LogP contribution is 2.25. The van der Waals surface area contributed by atoms with E-state index in [4.69, 9.17) is 9.76 Å². The third-order valence-corrected chi connectivity index (χ3v) is 3.81. The second-order valence-electron chi connectivity index (χ2n) is 6.13. The van der Waals surface area contributed by atoms with Crippen LogP contribution in [-0.2, 0) is 15.9 Å². The average molecular weight is 294 g/mol. The number of carboxylic acids is 1. The van der Waals surface area contributed by atoms with Gasteiger partial charge in [0.15, 0.2) is 0 Å². The molecule has 0 atom stereocenters. The van der Waals surface area contributed by atoms with Crippen LogP contribution in [0.25, 0.3) is 0 Å². The molecule has 0 aliphatic heterocycles. The van der Waals surface area contributed by atoms with E-state index in [2.05, 4.69) is 0 Å². The third kappa shape index (κ3) is 4.84. The lowest BCUT2D eigenvalue weighted by Crippen LogP contribution is -2.53. The van der Waals surface area contributed by atoms with Crippen LogP contribution < -0.4 is 5.46 Å². The van der Waals surface area contributed by atoms with E-state index in [9.17, 15) is 14.9 Å². The van der Waals surface area contributed by atoms with E-state index in [1.807, 2.05) is 0 Å². The summed E-state index contributed by atoms with van der Waals surface area (Å²) in [5, 5.41) is 29.1. The second-order valence-corrected chi connectivity index (χ2v) is 6.13. The minimum atomic E-state index is -1.23. The summed E-state index contributed by atoms with van der Waals surface area (Å²) in [6, 6.07) is 7.00. The number of carboxylic acid groups (broad SMARTS) is 1. The summed E-state index contributed by atoms with van der Waals surface area (Å²) in [7, 11) is -1.23. The molecule has 116 valence electrons. The zero-order chi connectivity index (χ0) is 16.3. The van der Waals surface area contributed by atoms with E-state index in [0.29, 0.717) is 11.9 Å². The smallest absolute Gasteiger partial charge is 0.481 e. The van der Waals surface area contributed by atoms with Crippen molar-refractivity contribution in [2.45, 2.75) is 51.7 Å². The molecule has 0 bridgehead atoms. The van der Waals surface area contributed by atoms with Gasteiger partial charge in [-0.25, -0.2) is 0 Å². The lowest BCUT2D eigenvalue weighted by Gasteiger charge is -2.38. The van der Waals surface area contributed by atoms with Crippen LogP contribution in [0.5, 0.6) is 0 Å². The molecule has 0 saturated heterocycles. The maximum atomic E-state index is 10.7. The van der Waals surface area contributed by atoms with Crippen molar-refractivity contribution in [2.75, 3.05) is 0 Å². The normalized spacial score (nSPS) is 12.3. The van der Waals surface area contributed by atoms with Crippen molar-refractivity contribution >= 4 is 18.6 Å². The van der Waals surface area contributed by atoms with Crippen LogP contribution in [0.4, 0.5) is 0 Å². The molecule has 0 saturated carbocycles. The lowest BCUT2D eigenvalue weighted by molar-refractivity contribution is -0.136. The number of aliphatic carboxylic acids is 1. The molecule has 1 rings (SSSR count). The second kappa shape index (κ2) is 6.60. The fourth-order valence-electron chi connectivity index (χ4n) is 1.73. The van der Waals surface area contributed by atoms with E-state index in [1.54, 1.807) is 52.0 Å². The van der Waals surface area contributed by atoms with Gasteiger partial charge < -0.3 is 19.9 Å². The van der Waals surface area contributed by atoms with E-state index in [-0.39, 0.29) is 6.42 Å². The Balaban J connectivity index is 2.92. The molecule has 0 unspecified atom stereocenters. The van der Waals surface area contributed by atoms with Gasteiger partial charge in [-0.2, -0.15) is 0 Å². The van der Waals surface area contributed by atoms with Crippen LogP contribution in [-0.4, -0.2) is 39.5 Å². The highest BCUT2D eigenvalue weighted by Gasteiger charge is 2.39. The topological polar surface area (TPSA) is 87.0 Å². The largest absolute Gasteiger partial charge is 0.491 e. The van der Waals surface area contributed by atoms with Gasteiger partial charge in [0.25, 0.3) is 0 Å². The summed E-state index contributed by atoms with van der Waals surface area (Å²) in [6.45, 7) is 6.60. The Kier molecular flexibility index (Phi) is 5.56. The van der Waals surface area contributed by atoms with Crippen LogP contribution in [0.2, 0.25) is 0 Å². The van der Waals surface area contributed by atoms with Crippen molar-refractivity contribution in [3.05, 3.63) is 29.8 Å². The molecule has 0 aliphatic carbocycles. The van der Waals surface area contributed by atoms with Gasteiger partial charge in [-0.3, -0.25) is 4.79 Å². The fraction of sp³-hybridized carbons (Fsp3) is 0.533. The molecule has 0 heterocycles. The Labute approximate surface area is 125 Å². The Morgan fingerprint density at radius 2 is 1.81 bits per heavy atom. The van der Waals surface area contributed by atoms with E-state index < -0.39 is 24.3 Å². The molecular formula is C15H23BO5. The molecule has 1 aromatic carbocycles. The van der Waals surface area contributed by atoms with Crippen LogP contribution in [0.15, 0.2) is 24.3 Å². The Morgan fingerprint density at radius 3 is 2.33 bits per heavy atom. The summed E-state index contributed by atoms with van der Waals surface area (Å²) < 4.78 is 5.59. The van der Waals surface area contributed by atoms with Gasteiger partial charge >= 0.3 is 13.1 Å². The van der Waals surface area contributed by atoms with Crippen LogP contribution in [0.1, 0.15) is 39.7 Å². The standard InChI is InChI=1S/C15H23BO5/c1-14(2,19)15(3,4)21-16(20)12-8-6-5-7-11(12)9-10-13(17)18/h5-8,19-20H,9-10H2,1-4H3,(H,17,18). The maximum absolute atomic E-state index is 10.7. The first-order valence-electron chi connectivity index (χ1n) is 6.92. The van der Waals surface area contributed by atoms with Crippen molar-refractivity contribution < 1.29 is 24.7 Å². The van der Waals surface area contributed by atoms with Crippen molar-refractivity contribution in [3.8, 4) is 0 Å². The molecule has 1 aromatic rings. The van der Waals surface area contributed by atoms with Gasteiger partial charge in [-0.1, -0.05) is 24.3 Å². The molecule has 3 N–H and O–H groups in total. The molecule has 0 amide bonds. The van der Waals surface area contributed by atoms with E-state index in [0.717, 1.165) is 5.56 Å². The molecule has 0 radical (unpaired) electrons. The van der Waals surface area contributed by atoms with Gasteiger partial charge in [0.1, 0.15) is 0 Å². The SMILES string of the molecule is CC(C)(O)C(C)(C)OB(O)c1ccccc1CCC(=O)O. The Hall–Kier alpha value is -1.37. The molecule has 0 spiro atoms. The van der Waals surface area contributed by atoms with Gasteiger partial charge in [0, 0.05) is 6.42 Å². The maximum Gasteiger partial charge on any atom is 0.491 e. The van der Waals surface area contributed by atoms with Crippen LogP contribution >= 0.6 is 0 Å². The highest BCUT2D eigenvalue weighted by molar-refractivity contribution is 6.60. The Bertz CT molecular complexity index is 493. The number of rotatable bonds is 7. The summed E-state index contributed by atoms with van der Waals surface area (Å²) in [4.78, 5) is 10.7. The van der Waals surface area contributed by atoms with Crippen molar-refractivity contribution in [3.63, 3.8) is 0 Å². The number of hydrogen-bond acceptors (Lipinski definition) is 4. The average Bonchev–Trinajstić information content (AvgIpc) is 2.34. The van der Waals surface area contributed by atoms with E-state index in [1.165, 1.54) is 0 Å². The molecule has 0 aliphatic rings. The molecule has 5 nitrogen and oxygen atoms in total. The summed E-state index contributed by atoms with van der Waals surface area (Å²) in [5.74, 6) is -0.892. The number of benzene rings is 1. The molecule has 6 heteroatoms. The van der Waals surface area contributed by atoms with Crippen molar-refractivity contribution in [2.24, 2.45) is 0 Å². The van der Waals surface area contributed by atoms with Crippen molar-refractivity contribution in [1.82, 2.24) is 0 Å². The first kappa shape index (κ1) is 17.7. The number of aliphatic hydroxyl groups is 1. The summed E-state index contributed by atoms with van der Waals surface area (Å²) >= 11 is 0. The molecule has 0 fully saturated rings. The number of aryl methyl sites for hydroxylation is 1. The first-order chi connectivity index (χ1) is 9.54. The predicted octanol–water partition coefficient (Wildman–Crippen LogP) is 0.957. The zero-order valence-corrected chi connectivity index (χ0v) is 13.0. The predicted molar refractivity (Wildman–Crippen MR) is 81.5 cm³/mol. The summed E-state index contributed by atoms with van der Waals surface area (Å²) in [5.41, 5.74) is -0.855. The summed E-state index contributed by atoms with van der Waals surface area (Å²) in [6.07, 6.45) is 0.299. The van der Waals surface area contributed by atoms with Crippen LogP contribution in [0.3, 0.4) is 0 Å². The van der Waals surface area contributed by atoms with Gasteiger partial charge in [0.2, 0.25) is 0 Å². The van der Waals surface area contributed by atoms with Gasteiger partial charge in [-0.05, 0) is 45.1 Å². The third-order valence-electron chi connectivity index (χ3n) is 3.81. The fourth-order valence-corrected chi connectivity index (χ4v) is 1.73. The highest BCUT2D eigenvalue weighted by atomic mass is 16.5. The van der Waals surface area contributed by atoms with Crippen LogP contribution in [0, 0.1) is 0 Å². The van der Waals surface area contributed by atoms with Gasteiger partial charge in [0.05, 0.1) is 11.2 Å². The monoisotopic (exact) mass is 294 g/mol. The number of hydrogen-bond donors (Lipinski definition) is 3. The molecule has 0 aromatic heterocycles. The van der Waals surface area contributed by atoms with Crippen molar-refractivity contribution in [1.29, 1.82) is 0 Å². The zero-order valence-electron chi connectivity index (χ0n) is 13.0. The molecule has 21 heavy (non-hydrogen) atoms. The minimum absolute atomic E-state index is 0.0153. The van der Waals surface area contributed by atoms with Gasteiger partial charge in [-0.15, -0.1) is 0 Å². The quantitative estimate of drug-likeness (QED) is 0.652. The minimum Gasteiger partial charge on any atom is -0.481 e. The first-order valence-corrected chi connectivity index (χ1v) is 6.92. The lowest BCUT2D eigenvalue weighted by atomic mass is 9.73. The van der Waals surface area contributed by atoms with E-state index >= 15 is 0 Å². The Morgan fingerprint density at radius 1 is 1.24 bits per heavy atom. The molecular weight excluding hydrogens is 271 g/mol.